The number of hydrogen-bond acceptors (Lipinski definition) is 7. The molecule has 1 aliphatic heterocycles. The molecule has 0 aliphatic carbocycles. The number of nitrogens with one attached hydrogen (secondary N) is 2. The molecule has 3 aromatic carbocycles. The molecule has 4 N–H and O–H groups in total. The van der Waals surface area contributed by atoms with Crippen molar-refractivity contribution < 1.29 is 14.3 Å². The van der Waals surface area contributed by atoms with Crippen LogP contribution in [0.15, 0.2) is 91.0 Å². The van der Waals surface area contributed by atoms with Crippen molar-refractivity contribution in [3.8, 4) is 16.2 Å². The summed E-state index contributed by atoms with van der Waals surface area (Å²) in [6.45, 7) is 1.74. The molecule has 9 nitrogen and oxygen atoms in total. The highest BCUT2D eigenvalue weighted by Crippen LogP contribution is 2.35. The van der Waals surface area contributed by atoms with Gasteiger partial charge in [0.1, 0.15) is 11.8 Å². The van der Waals surface area contributed by atoms with E-state index in [4.69, 9.17) is 22.1 Å². The molecule has 44 heavy (non-hydrogen) atoms. The van der Waals surface area contributed by atoms with Crippen LogP contribution in [-0.2, 0) is 24.3 Å². The van der Waals surface area contributed by atoms with Crippen LogP contribution in [0.1, 0.15) is 45.2 Å². The normalized spacial score (nSPS) is 14.8. The van der Waals surface area contributed by atoms with E-state index < -0.39 is 17.9 Å². The quantitative estimate of drug-likeness (QED) is 0.186. The van der Waals surface area contributed by atoms with Crippen molar-refractivity contribution >= 4 is 34.8 Å². The van der Waals surface area contributed by atoms with E-state index in [1.165, 1.54) is 5.56 Å². The first-order chi connectivity index (χ1) is 21.4. The molecule has 5 aromatic rings. The predicted molar refractivity (Wildman–Crippen MR) is 171 cm³/mol. The third-order valence-electron chi connectivity index (χ3n) is 7.67. The van der Waals surface area contributed by atoms with Gasteiger partial charge in [0.05, 0.1) is 34.6 Å². The maximum Gasteiger partial charge on any atom is 0.255 e. The number of fused-ring (bicyclic) bond motifs is 1. The fraction of sp³-hybridized carbons (Fsp3) is 0.212. The lowest BCUT2D eigenvalue weighted by Gasteiger charge is -2.28. The van der Waals surface area contributed by atoms with Gasteiger partial charge in [0.15, 0.2) is 0 Å². The van der Waals surface area contributed by atoms with Gasteiger partial charge >= 0.3 is 0 Å². The van der Waals surface area contributed by atoms with Crippen molar-refractivity contribution in [3.05, 3.63) is 124 Å². The van der Waals surface area contributed by atoms with Crippen LogP contribution in [0.4, 0.5) is 0 Å². The number of hydrogen-bond donors (Lipinski definition) is 3. The summed E-state index contributed by atoms with van der Waals surface area (Å²) in [5.41, 5.74) is 12.9. The topological polar surface area (TPSA) is 124 Å². The summed E-state index contributed by atoms with van der Waals surface area (Å²) < 4.78 is 8.13. The van der Waals surface area contributed by atoms with Gasteiger partial charge in [0.25, 0.3) is 5.91 Å². The van der Waals surface area contributed by atoms with Crippen LogP contribution in [0, 0.1) is 0 Å². The van der Waals surface area contributed by atoms with E-state index in [1.807, 2.05) is 36.4 Å². The molecule has 1 aliphatic rings. The zero-order valence-corrected chi connectivity index (χ0v) is 25.4. The Kier molecular flexibility index (Phi) is 9.02. The molecule has 2 atom stereocenters. The smallest absolute Gasteiger partial charge is 0.255 e. The number of carbonyl (C=O) groups excluding carboxylic acids is 2. The van der Waals surface area contributed by atoms with Gasteiger partial charge in [-0.3, -0.25) is 14.6 Å². The minimum Gasteiger partial charge on any atom is -0.492 e. The number of amides is 2. The van der Waals surface area contributed by atoms with Gasteiger partial charge in [-0.25, -0.2) is 4.98 Å². The Morgan fingerprint density at radius 2 is 1.84 bits per heavy atom. The van der Waals surface area contributed by atoms with Gasteiger partial charge < -0.3 is 25.7 Å². The van der Waals surface area contributed by atoms with Gasteiger partial charge in [-0.05, 0) is 34.9 Å². The lowest BCUT2D eigenvalue weighted by molar-refractivity contribution is -0.119. The summed E-state index contributed by atoms with van der Waals surface area (Å²) >= 11 is 7.60. The van der Waals surface area contributed by atoms with E-state index in [2.05, 4.69) is 49.4 Å². The van der Waals surface area contributed by atoms with Crippen LogP contribution in [0.25, 0.3) is 10.4 Å². The molecule has 0 bridgehead atoms. The van der Waals surface area contributed by atoms with Crippen LogP contribution in [0.3, 0.4) is 0 Å². The molecule has 11 heteroatoms. The van der Waals surface area contributed by atoms with Gasteiger partial charge in [0, 0.05) is 55.0 Å². The minimum absolute atomic E-state index is 0.0328. The number of imidazole rings is 1. The summed E-state index contributed by atoms with van der Waals surface area (Å²) in [5.74, 6) is -0.524. The molecule has 2 amide bonds. The van der Waals surface area contributed by atoms with Gasteiger partial charge in [-0.2, -0.15) is 0 Å². The van der Waals surface area contributed by atoms with Crippen LogP contribution in [-0.4, -0.2) is 39.0 Å². The van der Waals surface area contributed by atoms with Crippen molar-refractivity contribution in [2.75, 3.05) is 6.61 Å². The molecule has 2 aromatic heterocycles. The number of primary amides is 1. The van der Waals surface area contributed by atoms with E-state index in [-0.39, 0.29) is 12.5 Å². The number of benzene rings is 3. The predicted octanol–water partition coefficient (Wildman–Crippen LogP) is 5.15. The SMILES string of the molecule is NC(=O)[C@H](Cc1ccc(Cl)cc1)NC(=O)c1cccc2c1OCCC2NCc1cncn1Cc1ccc(-c2cncs2)cc1. The fourth-order valence-electron chi connectivity index (χ4n) is 5.33. The summed E-state index contributed by atoms with van der Waals surface area (Å²) in [4.78, 5) is 35.3. The zero-order valence-electron chi connectivity index (χ0n) is 23.8. The number of aromatic nitrogens is 3. The number of halogens is 1. The molecular formula is C33H31ClN6O3S. The largest absolute Gasteiger partial charge is 0.492 e. The van der Waals surface area contributed by atoms with Crippen molar-refractivity contribution in [2.24, 2.45) is 5.73 Å². The molecular weight excluding hydrogens is 596 g/mol. The molecule has 3 heterocycles. The van der Waals surface area contributed by atoms with Gasteiger partial charge in [0.2, 0.25) is 5.91 Å². The molecule has 0 radical (unpaired) electrons. The standard InChI is InChI=1S/C33H31ClN6O3S/c34-24-10-6-21(7-11-24)14-29(32(35)41)39-33(42)27-3-1-2-26-28(12-13-43-31(26)27)38-16-25-15-36-19-40(25)18-22-4-8-23(9-5-22)30-17-37-20-44-30/h1-11,15,17,19-20,28-29,38H,12-14,16,18H2,(H2,35,41)(H,39,42)/t28?,29-/m0/s1. The van der Waals surface area contributed by atoms with E-state index in [9.17, 15) is 9.59 Å². The lowest BCUT2D eigenvalue weighted by atomic mass is 9.96. The number of carbonyl (C=O) groups is 2. The average molecular weight is 627 g/mol. The minimum atomic E-state index is -0.888. The van der Waals surface area contributed by atoms with Crippen molar-refractivity contribution in [1.82, 2.24) is 25.2 Å². The van der Waals surface area contributed by atoms with E-state index in [0.29, 0.717) is 36.0 Å². The second-order valence-corrected chi connectivity index (χ2v) is 12.0. The lowest BCUT2D eigenvalue weighted by Crippen LogP contribution is -2.46. The first-order valence-corrected chi connectivity index (χ1v) is 15.5. The second-order valence-electron chi connectivity index (χ2n) is 10.6. The van der Waals surface area contributed by atoms with Crippen LogP contribution >= 0.6 is 22.9 Å². The van der Waals surface area contributed by atoms with E-state index >= 15 is 0 Å². The fourth-order valence-corrected chi connectivity index (χ4v) is 6.08. The van der Waals surface area contributed by atoms with Crippen molar-refractivity contribution in [3.63, 3.8) is 0 Å². The van der Waals surface area contributed by atoms with E-state index in [0.717, 1.165) is 33.7 Å². The molecule has 0 fully saturated rings. The van der Waals surface area contributed by atoms with Gasteiger partial charge in [-0.1, -0.05) is 60.1 Å². The Balaban J connectivity index is 1.12. The second kappa shape index (κ2) is 13.4. The molecule has 224 valence electrons. The highest BCUT2D eigenvalue weighted by molar-refractivity contribution is 7.13. The maximum absolute atomic E-state index is 13.4. The number of nitrogens with zero attached hydrogens (tertiary/aromatic N) is 3. The summed E-state index contributed by atoms with van der Waals surface area (Å²) in [7, 11) is 0. The first-order valence-electron chi connectivity index (χ1n) is 14.2. The third-order valence-corrected chi connectivity index (χ3v) is 8.75. The molecule has 0 saturated heterocycles. The first kappa shape index (κ1) is 29.6. The van der Waals surface area contributed by atoms with Crippen LogP contribution < -0.4 is 21.1 Å². The third kappa shape index (κ3) is 6.83. The molecule has 0 saturated carbocycles. The number of nitrogens with two attached hydrogens (primary N) is 1. The molecule has 1 unspecified atom stereocenters. The summed E-state index contributed by atoms with van der Waals surface area (Å²) in [5, 5.41) is 7.02. The number of para-hydroxylation sites is 1. The number of ether oxygens (including phenoxy) is 1. The summed E-state index contributed by atoms with van der Waals surface area (Å²) in [6, 6.07) is 20.2. The Labute approximate surface area is 264 Å². The van der Waals surface area contributed by atoms with Crippen LogP contribution in [0.5, 0.6) is 5.75 Å². The Morgan fingerprint density at radius 3 is 2.59 bits per heavy atom. The van der Waals surface area contributed by atoms with Crippen LogP contribution in [0.2, 0.25) is 5.02 Å². The average Bonchev–Trinajstić information content (AvgIpc) is 3.73. The summed E-state index contributed by atoms with van der Waals surface area (Å²) in [6.07, 6.45) is 6.58. The number of thiazole rings is 1. The van der Waals surface area contributed by atoms with Gasteiger partial charge in [-0.15, -0.1) is 11.3 Å². The molecule has 6 rings (SSSR count). The monoisotopic (exact) mass is 626 g/mol. The Morgan fingerprint density at radius 1 is 1.05 bits per heavy atom. The molecule has 0 spiro atoms. The highest BCUT2D eigenvalue weighted by Gasteiger charge is 2.28. The maximum atomic E-state index is 13.4. The number of rotatable bonds is 11. The zero-order chi connectivity index (χ0) is 30.5. The Bertz CT molecular complexity index is 1740. The Hall–Kier alpha value is -4.51. The van der Waals surface area contributed by atoms with Crippen molar-refractivity contribution in [1.29, 1.82) is 0 Å². The van der Waals surface area contributed by atoms with E-state index in [1.54, 1.807) is 41.7 Å². The van der Waals surface area contributed by atoms with Crippen molar-refractivity contribution in [2.45, 2.75) is 38.0 Å². The highest BCUT2D eigenvalue weighted by atomic mass is 35.5.